The molecule has 110 valence electrons. The molecule has 1 saturated heterocycles. The second-order valence-corrected chi connectivity index (χ2v) is 5.47. The number of pyridine rings is 1. The molecule has 0 bridgehead atoms. The number of piperazine rings is 1. The van der Waals surface area contributed by atoms with Crippen LogP contribution in [-0.4, -0.2) is 40.6 Å². The molecule has 0 aliphatic carbocycles. The molecule has 2 aromatic heterocycles. The van der Waals surface area contributed by atoms with E-state index in [1.54, 1.807) is 24.5 Å². The van der Waals surface area contributed by atoms with E-state index in [4.69, 9.17) is 11.6 Å². The van der Waals surface area contributed by atoms with Gasteiger partial charge in [-0.2, -0.15) is 0 Å². The number of nitrogens with one attached hydrogen (secondary N) is 2. The van der Waals surface area contributed by atoms with Crippen molar-refractivity contribution in [2.24, 2.45) is 0 Å². The zero-order valence-corrected chi connectivity index (χ0v) is 12.4. The van der Waals surface area contributed by atoms with Crippen LogP contribution in [0.1, 0.15) is 6.92 Å². The summed E-state index contributed by atoms with van der Waals surface area (Å²) in [5.41, 5.74) is 0.489. The molecule has 3 rings (SSSR count). The van der Waals surface area contributed by atoms with Crippen LogP contribution in [-0.2, 0) is 0 Å². The summed E-state index contributed by atoms with van der Waals surface area (Å²) < 4.78 is 0. The standard InChI is InChI=1S/C14H16ClN5O/c1-9-8-20(7-6-17-9)13-11(15)14(21)19-12(18-13)10-2-4-16-5-3-10/h2-5,9,17H,6-8H2,1H3,(H,18,19,21). The first-order valence-electron chi connectivity index (χ1n) is 6.83. The summed E-state index contributed by atoms with van der Waals surface area (Å²) in [6, 6.07) is 3.94. The van der Waals surface area contributed by atoms with E-state index >= 15 is 0 Å². The highest BCUT2D eigenvalue weighted by atomic mass is 35.5. The molecule has 2 aromatic rings. The van der Waals surface area contributed by atoms with Gasteiger partial charge in [0.25, 0.3) is 5.56 Å². The maximum atomic E-state index is 12.1. The monoisotopic (exact) mass is 305 g/mol. The molecule has 2 N–H and O–H groups in total. The molecule has 21 heavy (non-hydrogen) atoms. The van der Waals surface area contributed by atoms with Gasteiger partial charge in [0, 0.05) is 43.6 Å². The molecule has 0 aromatic carbocycles. The van der Waals surface area contributed by atoms with E-state index in [1.807, 2.05) is 4.90 Å². The quantitative estimate of drug-likeness (QED) is 0.874. The van der Waals surface area contributed by atoms with E-state index < -0.39 is 0 Å². The Hall–Kier alpha value is -1.92. The molecule has 1 atom stereocenters. The summed E-state index contributed by atoms with van der Waals surface area (Å²) in [5.74, 6) is 1.05. The van der Waals surface area contributed by atoms with E-state index in [9.17, 15) is 4.79 Å². The summed E-state index contributed by atoms with van der Waals surface area (Å²) >= 11 is 6.15. The molecule has 0 saturated carbocycles. The Morgan fingerprint density at radius 1 is 1.38 bits per heavy atom. The van der Waals surface area contributed by atoms with Crippen LogP contribution in [0, 0.1) is 0 Å². The average molecular weight is 306 g/mol. The summed E-state index contributed by atoms with van der Waals surface area (Å²) in [7, 11) is 0. The van der Waals surface area contributed by atoms with Crippen molar-refractivity contribution in [2.75, 3.05) is 24.5 Å². The average Bonchev–Trinajstić information content (AvgIpc) is 2.51. The van der Waals surface area contributed by atoms with Gasteiger partial charge in [-0.1, -0.05) is 11.6 Å². The minimum atomic E-state index is -0.320. The number of rotatable bonds is 2. The third-order valence-electron chi connectivity index (χ3n) is 3.47. The Bertz CT molecular complexity index is 688. The minimum Gasteiger partial charge on any atom is -0.352 e. The highest BCUT2D eigenvalue weighted by molar-refractivity contribution is 6.32. The SMILES string of the molecule is CC1CN(c2nc(-c3ccncc3)[nH]c(=O)c2Cl)CCN1. The topological polar surface area (TPSA) is 73.9 Å². The van der Waals surface area contributed by atoms with Crippen LogP contribution in [0.15, 0.2) is 29.3 Å². The Kier molecular flexibility index (Phi) is 3.90. The lowest BCUT2D eigenvalue weighted by atomic mass is 10.2. The number of H-pyrrole nitrogens is 1. The van der Waals surface area contributed by atoms with Gasteiger partial charge in [0.2, 0.25) is 0 Å². The first-order valence-corrected chi connectivity index (χ1v) is 7.21. The molecule has 3 heterocycles. The van der Waals surface area contributed by atoms with Crippen LogP contribution >= 0.6 is 11.6 Å². The van der Waals surface area contributed by atoms with Crippen molar-refractivity contribution in [3.05, 3.63) is 39.9 Å². The maximum absolute atomic E-state index is 12.1. The van der Waals surface area contributed by atoms with E-state index in [0.29, 0.717) is 17.7 Å². The number of hydrogen-bond acceptors (Lipinski definition) is 5. The Balaban J connectivity index is 2.04. The van der Waals surface area contributed by atoms with Crippen molar-refractivity contribution in [1.82, 2.24) is 20.3 Å². The van der Waals surface area contributed by atoms with Gasteiger partial charge in [-0.25, -0.2) is 4.98 Å². The highest BCUT2D eigenvalue weighted by Crippen LogP contribution is 2.23. The van der Waals surface area contributed by atoms with Crippen LogP contribution in [0.4, 0.5) is 5.82 Å². The molecule has 1 unspecified atom stereocenters. The predicted molar refractivity (Wildman–Crippen MR) is 82.8 cm³/mol. The fourth-order valence-corrected chi connectivity index (χ4v) is 2.64. The Morgan fingerprint density at radius 2 is 2.14 bits per heavy atom. The highest BCUT2D eigenvalue weighted by Gasteiger charge is 2.21. The lowest BCUT2D eigenvalue weighted by Gasteiger charge is -2.33. The van der Waals surface area contributed by atoms with E-state index in [1.165, 1.54) is 0 Å². The molecular weight excluding hydrogens is 290 g/mol. The van der Waals surface area contributed by atoms with Crippen LogP contribution in [0.25, 0.3) is 11.4 Å². The van der Waals surface area contributed by atoms with Crippen molar-refractivity contribution in [1.29, 1.82) is 0 Å². The molecule has 0 amide bonds. The largest absolute Gasteiger partial charge is 0.352 e. The fourth-order valence-electron chi connectivity index (χ4n) is 2.43. The normalized spacial score (nSPS) is 18.8. The van der Waals surface area contributed by atoms with Gasteiger partial charge in [0.1, 0.15) is 10.8 Å². The maximum Gasteiger partial charge on any atom is 0.272 e. The number of nitrogens with zero attached hydrogens (tertiary/aromatic N) is 3. The molecule has 0 spiro atoms. The first-order chi connectivity index (χ1) is 10.1. The Morgan fingerprint density at radius 3 is 2.86 bits per heavy atom. The zero-order chi connectivity index (χ0) is 14.8. The molecular formula is C14H16ClN5O. The fraction of sp³-hybridized carbons (Fsp3) is 0.357. The third-order valence-corrected chi connectivity index (χ3v) is 3.81. The molecule has 0 radical (unpaired) electrons. The molecule has 1 aliphatic heterocycles. The van der Waals surface area contributed by atoms with Crippen LogP contribution in [0.2, 0.25) is 5.02 Å². The number of anilines is 1. The van der Waals surface area contributed by atoms with Gasteiger partial charge in [-0.15, -0.1) is 0 Å². The van der Waals surface area contributed by atoms with Crippen molar-refractivity contribution >= 4 is 17.4 Å². The van der Waals surface area contributed by atoms with E-state index in [2.05, 4.69) is 27.2 Å². The smallest absolute Gasteiger partial charge is 0.272 e. The van der Waals surface area contributed by atoms with Crippen LogP contribution in [0.5, 0.6) is 0 Å². The second kappa shape index (κ2) is 5.83. The predicted octanol–water partition coefficient (Wildman–Crippen LogP) is 1.28. The molecule has 1 fully saturated rings. The van der Waals surface area contributed by atoms with Crippen molar-refractivity contribution in [3.8, 4) is 11.4 Å². The first kappa shape index (κ1) is 14.0. The van der Waals surface area contributed by atoms with Gasteiger partial charge in [-0.05, 0) is 19.1 Å². The molecule has 6 nitrogen and oxygen atoms in total. The lowest BCUT2D eigenvalue weighted by Crippen LogP contribution is -2.50. The van der Waals surface area contributed by atoms with Gasteiger partial charge in [0.15, 0.2) is 5.82 Å². The number of aromatic amines is 1. The van der Waals surface area contributed by atoms with E-state index in [-0.39, 0.29) is 10.6 Å². The van der Waals surface area contributed by atoms with Crippen molar-refractivity contribution in [3.63, 3.8) is 0 Å². The van der Waals surface area contributed by atoms with Crippen molar-refractivity contribution in [2.45, 2.75) is 13.0 Å². The summed E-state index contributed by atoms with van der Waals surface area (Å²) in [6.45, 7) is 4.48. The minimum absolute atomic E-state index is 0.141. The summed E-state index contributed by atoms with van der Waals surface area (Å²) in [4.78, 5) is 25.3. The van der Waals surface area contributed by atoms with Crippen molar-refractivity contribution < 1.29 is 0 Å². The summed E-state index contributed by atoms with van der Waals surface area (Å²) in [6.07, 6.45) is 3.33. The van der Waals surface area contributed by atoms with Gasteiger partial charge < -0.3 is 15.2 Å². The number of halogens is 1. The molecule has 7 heteroatoms. The zero-order valence-electron chi connectivity index (χ0n) is 11.6. The molecule has 1 aliphatic rings. The lowest BCUT2D eigenvalue weighted by molar-refractivity contribution is 0.482. The van der Waals surface area contributed by atoms with Gasteiger partial charge in [0.05, 0.1) is 0 Å². The number of hydrogen-bond donors (Lipinski definition) is 2. The van der Waals surface area contributed by atoms with Gasteiger partial charge in [-0.3, -0.25) is 9.78 Å². The van der Waals surface area contributed by atoms with Crippen LogP contribution < -0.4 is 15.8 Å². The second-order valence-electron chi connectivity index (χ2n) is 5.09. The number of aromatic nitrogens is 3. The third kappa shape index (κ3) is 2.91. The van der Waals surface area contributed by atoms with E-state index in [0.717, 1.165) is 25.2 Å². The summed E-state index contributed by atoms with van der Waals surface area (Å²) in [5, 5.41) is 3.50. The van der Waals surface area contributed by atoms with Gasteiger partial charge >= 0.3 is 0 Å². The Labute approximate surface area is 127 Å². The van der Waals surface area contributed by atoms with Crippen LogP contribution in [0.3, 0.4) is 0 Å².